The predicted molar refractivity (Wildman–Crippen MR) is 66.5 cm³/mol. The minimum absolute atomic E-state index is 0.188. The maximum absolute atomic E-state index is 11.5. The Morgan fingerprint density at radius 2 is 2.19 bits per heavy atom. The van der Waals surface area contributed by atoms with E-state index >= 15 is 0 Å². The Hall–Kier alpha value is -1.21. The molecule has 3 nitrogen and oxygen atoms in total. The second kappa shape index (κ2) is 5.76. The zero-order chi connectivity index (χ0) is 12.1. The molecule has 0 aliphatic heterocycles. The molecule has 0 saturated heterocycles. The molecule has 0 heterocycles. The summed E-state index contributed by atoms with van der Waals surface area (Å²) in [7, 11) is 0. The van der Waals surface area contributed by atoms with E-state index in [9.17, 15) is 4.79 Å². The van der Waals surface area contributed by atoms with Crippen molar-refractivity contribution in [2.45, 2.75) is 12.5 Å². The third-order valence-electron chi connectivity index (χ3n) is 1.86. The van der Waals surface area contributed by atoms with E-state index in [1.165, 1.54) is 0 Å². The molecular weight excluding hydrogens is 247 g/mol. The lowest BCUT2D eigenvalue weighted by molar-refractivity contribution is -0.117. The molecule has 84 valence electrons. The molecule has 1 unspecified atom stereocenters. The summed E-state index contributed by atoms with van der Waals surface area (Å²) in [5, 5.41) is 3.38. The fourth-order valence-electron chi connectivity index (χ4n) is 1.03. The number of benzene rings is 1. The van der Waals surface area contributed by atoms with E-state index in [0.29, 0.717) is 15.7 Å². The van der Waals surface area contributed by atoms with Gasteiger partial charge in [-0.15, -0.1) is 12.3 Å². The van der Waals surface area contributed by atoms with Gasteiger partial charge in [-0.1, -0.05) is 23.2 Å². The largest absolute Gasteiger partial charge is 0.325 e. The Kier molecular flexibility index (Phi) is 4.63. The van der Waals surface area contributed by atoms with Gasteiger partial charge in [0.2, 0.25) is 5.91 Å². The molecule has 0 aliphatic rings. The number of carbonyl (C=O) groups excluding carboxylic acids is 1. The maximum Gasteiger partial charge on any atom is 0.242 e. The molecule has 16 heavy (non-hydrogen) atoms. The summed E-state index contributed by atoms with van der Waals surface area (Å²) in [4.78, 5) is 11.5. The van der Waals surface area contributed by atoms with Crippen molar-refractivity contribution in [1.82, 2.24) is 0 Å². The molecule has 0 saturated carbocycles. The van der Waals surface area contributed by atoms with Gasteiger partial charge in [0.25, 0.3) is 0 Å². The van der Waals surface area contributed by atoms with Crippen LogP contribution in [0.15, 0.2) is 18.2 Å². The average molecular weight is 257 g/mol. The van der Waals surface area contributed by atoms with Crippen LogP contribution >= 0.6 is 23.2 Å². The molecule has 1 amide bonds. The van der Waals surface area contributed by atoms with Crippen molar-refractivity contribution in [3.63, 3.8) is 0 Å². The first-order valence-electron chi connectivity index (χ1n) is 4.49. The van der Waals surface area contributed by atoms with Crippen LogP contribution in [0, 0.1) is 12.3 Å². The fraction of sp³-hybridized carbons (Fsp3) is 0.182. The van der Waals surface area contributed by atoms with E-state index in [2.05, 4.69) is 11.2 Å². The average Bonchev–Trinajstić information content (AvgIpc) is 2.24. The van der Waals surface area contributed by atoms with Gasteiger partial charge in [-0.3, -0.25) is 4.79 Å². The van der Waals surface area contributed by atoms with Crippen LogP contribution in [-0.2, 0) is 4.79 Å². The van der Waals surface area contributed by atoms with Crippen LogP contribution in [0.4, 0.5) is 5.69 Å². The molecule has 1 rings (SSSR count). The summed E-state index contributed by atoms with van der Waals surface area (Å²) in [5.41, 5.74) is 6.06. The number of amides is 1. The lowest BCUT2D eigenvalue weighted by Gasteiger charge is -2.10. The monoisotopic (exact) mass is 256 g/mol. The smallest absolute Gasteiger partial charge is 0.242 e. The van der Waals surface area contributed by atoms with E-state index < -0.39 is 6.04 Å². The first kappa shape index (κ1) is 12.9. The molecule has 0 aliphatic carbocycles. The van der Waals surface area contributed by atoms with Crippen molar-refractivity contribution >= 4 is 34.8 Å². The van der Waals surface area contributed by atoms with Gasteiger partial charge in [0.15, 0.2) is 0 Å². The Morgan fingerprint density at radius 3 is 2.75 bits per heavy atom. The van der Waals surface area contributed by atoms with Crippen LogP contribution < -0.4 is 11.1 Å². The quantitative estimate of drug-likeness (QED) is 0.816. The first-order valence-corrected chi connectivity index (χ1v) is 5.25. The molecule has 0 bridgehead atoms. The van der Waals surface area contributed by atoms with E-state index in [0.717, 1.165) is 0 Å². The standard InChI is InChI=1S/C11H10Cl2N2O/c1-2-3-10(14)11(16)15-7-4-5-8(12)9(13)6-7/h1,4-6,10H,3,14H2,(H,15,16). The maximum atomic E-state index is 11.5. The zero-order valence-corrected chi connectivity index (χ0v) is 9.85. The van der Waals surface area contributed by atoms with Crippen molar-refractivity contribution in [2.24, 2.45) is 5.73 Å². The number of nitrogens with two attached hydrogens (primary N) is 1. The van der Waals surface area contributed by atoms with Crippen molar-refractivity contribution in [2.75, 3.05) is 5.32 Å². The van der Waals surface area contributed by atoms with Gasteiger partial charge < -0.3 is 11.1 Å². The van der Waals surface area contributed by atoms with E-state index in [4.69, 9.17) is 35.4 Å². The lowest BCUT2D eigenvalue weighted by Crippen LogP contribution is -2.35. The lowest BCUT2D eigenvalue weighted by atomic mass is 10.2. The van der Waals surface area contributed by atoms with Crippen LogP contribution in [0.25, 0.3) is 0 Å². The number of hydrogen-bond acceptors (Lipinski definition) is 2. The highest BCUT2D eigenvalue weighted by Gasteiger charge is 2.12. The molecule has 1 atom stereocenters. The number of rotatable bonds is 3. The number of anilines is 1. The highest BCUT2D eigenvalue weighted by Crippen LogP contribution is 2.24. The summed E-state index contributed by atoms with van der Waals surface area (Å²) in [6, 6.07) is 4.05. The van der Waals surface area contributed by atoms with Crippen molar-refractivity contribution < 1.29 is 4.79 Å². The van der Waals surface area contributed by atoms with Crippen LogP contribution in [0.1, 0.15) is 6.42 Å². The van der Waals surface area contributed by atoms with Crippen LogP contribution in [-0.4, -0.2) is 11.9 Å². The van der Waals surface area contributed by atoms with Crippen LogP contribution in [0.3, 0.4) is 0 Å². The fourth-order valence-corrected chi connectivity index (χ4v) is 1.33. The second-order valence-electron chi connectivity index (χ2n) is 3.13. The summed E-state index contributed by atoms with van der Waals surface area (Å²) in [6.45, 7) is 0. The number of halogens is 2. The highest BCUT2D eigenvalue weighted by atomic mass is 35.5. The molecule has 3 N–H and O–H groups in total. The van der Waals surface area contributed by atoms with Crippen molar-refractivity contribution in [3.05, 3.63) is 28.2 Å². The van der Waals surface area contributed by atoms with E-state index in [1.807, 2.05) is 0 Å². The van der Waals surface area contributed by atoms with E-state index in [1.54, 1.807) is 18.2 Å². The van der Waals surface area contributed by atoms with Crippen molar-refractivity contribution in [1.29, 1.82) is 0 Å². The Labute approximate surface area is 104 Å². The summed E-state index contributed by atoms with van der Waals surface area (Å²) >= 11 is 11.5. The minimum Gasteiger partial charge on any atom is -0.325 e. The number of hydrogen-bond donors (Lipinski definition) is 2. The Bertz CT molecular complexity index is 440. The molecule has 0 spiro atoms. The summed E-state index contributed by atoms with van der Waals surface area (Å²) in [6.07, 6.45) is 5.24. The molecule has 5 heteroatoms. The van der Waals surface area contributed by atoms with Crippen molar-refractivity contribution in [3.8, 4) is 12.3 Å². The van der Waals surface area contributed by atoms with Gasteiger partial charge in [0, 0.05) is 12.1 Å². The number of carbonyl (C=O) groups is 1. The van der Waals surface area contributed by atoms with Crippen LogP contribution in [0.5, 0.6) is 0 Å². The van der Waals surface area contributed by atoms with Crippen LogP contribution in [0.2, 0.25) is 10.0 Å². The number of terminal acetylenes is 1. The van der Waals surface area contributed by atoms with Gasteiger partial charge in [-0.2, -0.15) is 0 Å². The second-order valence-corrected chi connectivity index (χ2v) is 3.95. The Morgan fingerprint density at radius 1 is 1.50 bits per heavy atom. The predicted octanol–water partition coefficient (Wildman–Crippen LogP) is 2.28. The SMILES string of the molecule is C#CCC(N)C(=O)Nc1ccc(Cl)c(Cl)c1. The normalized spacial score (nSPS) is 11.6. The van der Waals surface area contributed by atoms with Gasteiger partial charge in [-0.05, 0) is 18.2 Å². The Balaban J connectivity index is 2.70. The third kappa shape index (κ3) is 3.42. The van der Waals surface area contributed by atoms with Gasteiger partial charge in [-0.25, -0.2) is 0 Å². The topological polar surface area (TPSA) is 55.1 Å². The number of nitrogens with one attached hydrogen (secondary N) is 1. The van der Waals surface area contributed by atoms with Gasteiger partial charge in [0.1, 0.15) is 0 Å². The summed E-state index contributed by atoms with van der Waals surface area (Å²) in [5.74, 6) is 1.97. The molecule has 0 fully saturated rings. The first-order chi connectivity index (χ1) is 7.54. The summed E-state index contributed by atoms with van der Waals surface area (Å²) < 4.78 is 0. The molecule has 1 aromatic rings. The zero-order valence-electron chi connectivity index (χ0n) is 8.34. The highest BCUT2D eigenvalue weighted by molar-refractivity contribution is 6.42. The van der Waals surface area contributed by atoms with E-state index in [-0.39, 0.29) is 12.3 Å². The molecule has 1 aromatic carbocycles. The molecule has 0 radical (unpaired) electrons. The molecular formula is C11H10Cl2N2O. The van der Waals surface area contributed by atoms with Gasteiger partial charge in [0.05, 0.1) is 16.1 Å². The third-order valence-corrected chi connectivity index (χ3v) is 2.60. The minimum atomic E-state index is -0.723. The van der Waals surface area contributed by atoms with Gasteiger partial charge >= 0.3 is 0 Å². The molecule has 0 aromatic heterocycles.